The van der Waals surface area contributed by atoms with Gasteiger partial charge in [0, 0.05) is 17.7 Å². The van der Waals surface area contributed by atoms with Crippen LogP contribution in [0.25, 0.3) is 16.9 Å². The lowest BCUT2D eigenvalue weighted by atomic mass is 10.0. The number of hydrogen-bond donors (Lipinski definition) is 1. The molecule has 1 aliphatic rings. The van der Waals surface area contributed by atoms with Crippen LogP contribution < -0.4 is 5.32 Å². The molecule has 4 rings (SSSR count). The van der Waals surface area contributed by atoms with E-state index in [4.69, 9.17) is 11.6 Å². The van der Waals surface area contributed by atoms with Gasteiger partial charge in [-0.2, -0.15) is 23.5 Å². The predicted molar refractivity (Wildman–Crippen MR) is 105 cm³/mol. The molecule has 0 unspecified atom stereocenters. The highest BCUT2D eigenvalue weighted by atomic mass is 35.5. The molecule has 0 aliphatic carbocycles. The minimum Gasteiger partial charge on any atom is -0.370 e. The number of fused-ring (bicyclic) bond motifs is 1. The Balaban J connectivity index is 1.94. The highest BCUT2D eigenvalue weighted by Gasteiger charge is 2.34. The molecular formula is C21H16ClF3N4. The van der Waals surface area contributed by atoms with Gasteiger partial charge in [-0.25, -0.2) is 4.68 Å². The number of rotatable bonds is 2. The Morgan fingerprint density at radius 3 is 2.69 bits per heavy atom. The molecule has 3 aromatic rings. The lowest BCUT2D eigenvalue weighted by Gasteiger charge is -2.10. The maximum absolute atomic E-state index is 13.4. The molecule has 1 aromatic heterocycles. The van der Waals surface area contributed by atoms with E-state index in [0.717, 1.165) is 31.0 Å². The van der Waals surface area contributed by atoms with E-state index in [1.165, 1.54) is 6.07 Å². The van der Waals surface area contributed by atoms with Gasteiger partial charge in [0.25, 0.3) is 0 Å². The average molecular weight is 417 g/mol. The summed E-state index contributed by atoms with van der Waals surface area (Å²) in [5.74, 6) is 0.712. The number of alkyl halides is 3. The van der Waals surface area contributed by atoms with Crippen LogP contribution in [0.3, 0.4) is 0 Å². The van der Waals surface area contributed by atoms with E-state index in [0.29, 0.717) is 34.7 Å². The predicted octanol–water partition coefficient (Wildman–Crippen LogP) is 5.83. The van der Waals surface area contributed by atoms with Crippen LogP contribution in [0.15, 0.2) is 42.5 Å². The molecule has 29 heavy (non-hydrogen) atoms. The molecule has 0 radical (unpaired) electrons. The summed E-state index contributed by atoms with van der Waals surface area (Å²) < 4.78 is 41.7. The smallest absolute Gasteiger partial charge is 0.370 e. The zero-order valence-corrected chi connectivity index (χ0v) is 16.0. The van der Waals surface area contributed by atoms with Crippen LogP contribution in [0.5, 0.6) is 0 Å². The third-order valence-corrected chi connectivity index (χ3v) is 5.26. The number of nitrogens with zero attached hydrogens (tertiary/aromatic N) is 3. The van der Waals surface area contributed by atoms with Gasteiger partial charge >= 0.3 is 6.18 Å². The van der Waals surface area contributed by atoms with Crippen LogP contribution >= 0.6 is 11.6 Å². The number of nitriles is 1. The summed E-state index contributed by atoms with van der Waals surface area (Å²) in [5.41, 5.74) is 1.77. The van der Waals surface area contributed by atoms with Crippen LogP contribution in [0.2, 0.25) is 5.02 Å². The van der Waals surface area contributed by atoms with E-state index >= 15 is 0 Å². The van der Waals surface area contributed by atoms with Crippen molar-refractivity contribution in [3.63, 3.8) is 0 Å². The van der Waals surface area contributed by atoms with Gasteiger partial charge in [0.1, 0.15) is 11.9 Å². The molecule has 1 N–H and O–H groups in total. The summed E-state index contributed by atoms with van der Waals surface area (Å²) in [4.78, 5) is 0. The van der Waals surface area contributed by atoms with E-state index < -0.39 is 11.7 Å². The monoisotopic (exact) mass is 416 g/mol. The molecule has 0 fully saturated rings. The van der Waals surface area contributed by atoms with E-state index in [-0.39, 0.29) is 5.02 Å². The molecule has 0 spiro atoms. The van der Waals surface area contributed by atoms with Gasteiger partial charge in [0.05, 0.1) is 27.5 Å². The number of para-hydroxylation sites is 1. The Labute approximate surface area is 170 Å². The molecule has 0 atom stereocenters. The maximum Gasteiger partial charge on any atom is 0.417 e. The molecule has 4 nitrogen and oxygen atoms in total. The Kier molecular flexibility index (Phi) is 4.97. The second-order valence-electron chi connectivity index (χ2n) is 6.79. The normalized spacial score (nSPS) is 13.9. The van der Waals surface area contributed by atoms with Gasteiger partial charge in [-0.05, 0) is 43.5 Å². The molecule has 8 heteroatoms. The first-order valence-electron chi connectivity index (χ1n) is 9.12. The SMILES string of the molecule is N#Cc1ccccc1-n1nc(-c2ccc(Cl)c(C(F)(F)F)c2)c2c1NCCCC2. The number of aromatic nitrogens is 2. The van der Waals surface area contributed by atoms with E-state index in [2.05, 4.69) is 16.5 Å². The summed E-state index contributed by atoms with van der Waals surface area (Å²) in [6.07, 6.45) is -2.06. The standard InChI is InChI=1S/C21H16ClF3N4/c22-17-9-8-13(11-16(17)21(23,24)25)19-15-6-3-4-10-27-20(15)29(28-19)18-7-2-1-5-14(18)12-26/h1-2,5,7-9,11,27H,3-4,6,10H2. The minimum absolute atomic E-state index is 0.342. The first-order chi connectivity index (χ1) is 13.9. The molecule has 0 saturated carbocycles. The lowest BCUT2D eigenvalue weighted by molar-refractivity contribution is -0.137. The number of benzene rings is 2. The van der Waals surface area contributed by atoms with Crippen molar-refractivity contribution >= 4 is 17.4 Å². The van der Waals surface area contributed by atoms with Gasteiger partial charge in [-0.15, -0.1) is 0 Å². The van der Waals surface area contributed by atoms with E-state index in [1.54, 1.807) is 35.0 Å². The molecule has 0 amide bonds. The van der Waals surface area contributed by atoms with Crippen molar-refractivity contribution in [3.8, 4) is 23.0 Å². The Morgan fingerprint density at radius 2 is 1.93 bits per heavy atom. The summed E-state index contributed by atoms with van der Waals surface area (Å²) >= 11 is 5.78. The Morgan fingerprint density at radius 1 is 1.14 bits per heavy atom. The molecule has 2 aromatic carbocycles. The van der Waals surface area contributed by atoms with E-state index in [9.17, 15) is 18.4 Å². The second kappa shape index (κ2) is 7.45. The quantitative estimate of drug-likeness (QED) is 0.571. The van der Waals surface area contributed by atoms with Crippen molar-refractivity contribution in [2.24, 2.45) is 0 Å². The zero-order valence-electron chi connectivity index (χ0n) is 15.2. The van der Waals surface area contributed by atoms with Gasteiger partial charge in [0.2, 0.25) is 0 Å². The topological polar surface area (TPSA) is 53.6 Å². The summed E-state index contributed by atoms with van der Waals surface area (Å²) in [5, 5.41) is 17.1. The number of anilines is 1. The largest absolute Gasteiger partial charge is 0.417 e. The fourth-order valence-electron chi connectivity index (χ4n) is 3.55. The third kappa shape index (κ3) is 3.56. The van der Waals surface area contributed by atoms with Gasteiger partial charge < -0.3 is 5.32 Å². The molecule has 2 heterocycles. The highest BCUT2D eigenvalue weighted by Crippen LogP contribution is 2.40. The molecule has 0 saturated heterocycles. The lowest BCUT2D eigenvalue weighted by Crippen LogP contribution is -2.08. The van der Waals surface area contributed by atoms with Crippen LogP contribution in [-0.2, 0) is 12.6 Å². The molecule has 0 bridgehead atoms. The molecule has 1 aliphatic heterocycles. The van der Waals surface area contributed by atoms with Crippen LogP contribution in [0.4, 0.5) is 19.0 Å². The summed E-state index contributed by atoms with van der Waals surface area (Å²) in [6, 6.07) is 13.0. The molecular weight excluding hydrogens is 401 g/mol. The van der Waals surface area contributed by atoms with Crippen LogP contribution in [-0.4, -0.2) is 16.3 Å². The van der Waals surface area contributed by atoms with E-state index in [1.807, 2.05) is 0 Å². The number of nitrogens with one attached hydrogen (secondary N) is 1. The van der Waals surface area contributed by atoms with Gasteiger partial charge in [-0.1, -0.05) is 29.8 Å². The maximum atomic E-state index is 13.4. The fourth-order valence-corrected chi connectivity index (χ4v) is 3.78. The van der Waals surface area contributed by atoms with Crippen molar-refractivity contribution in [1.29, 1.82) is 5.26 Å². The van der Waals surface area contributed by atoms with Crippen molar-refractivity contribution in [2.75, 3.05) is 11.9 Å². The summed E-state index contributed by atoms with van der Waals surface area (Å²) in [7, 11) is 0. The Hall–Kier alpha value is -2.98. The van der Waals surface area contributed by atoms with Crippen LogP contribution in [0, 0.1) is 11.3 Å². The second-order valence-corrected chi connectivity index (χ2v) is 7.20. The molecule has 148 valence electrons. The van der Waals surface area contributed by atoms with Crippen molar-refractivity contribution in [1.82, 2.24) is 9.78 Å². The van der Waals surface area contributed by atoms with Gasteiger partial charge in [-0.3, -0.25) is 0 Å². The van der Waals surface area contributed by atoms with Crippen LogP contribution in [0.1, 0.15) is 29.5 Å². The van der Waals surface area contributed by atoms with Crippen molar-refractivity contribution in [3.05, 3.63) is 64.2 Å². The fraction of sp³-hybridized carbons (Fsp3) is 0.238. The van der Waals surface area contributed by atoms with Crippen molar-refractivity contribution in [2.45, 2.75) is 25.4 Å². The van der Waals surface area contributed by atoms with Crippen molar-refractivity contribution < 1.29 is 13.2 Å². The number of halogens is 4. The average Bonchev–Trinajstić information content (AvgIpc) is 2.88. The first kappa shape index (κ1) is 19.3. The highest BCUT2D eigenvalue weighted by molar-refractivity contribution is 6.31. The minimum atomic E-state index is -4.56. The first-order valence-corrected chi connectivity index (χ1v) is 9.50. The van der Waals surface area contributed by atoms with Gasteiger partial charge in [0.15, 0.2) is 0 Å². The number of hydrogen-bond acceptors (Lipinski definition) is 3. The third-order valence-electron chi connectivity index (χ3n) is 4.93. The zero-order chi connectivity index (χ0) is 20.6. The Bertz CT molecular complexity index is 1110. The summed E-state index contributed by atoms with van der Waals surface area (Å²) in [6.45, 7) is 0.723.